The predicted molar refractivity (Wildman–Crippen MR) is 103 cm³/mol. The van der Waals surface area contributed by atoms with E-state index in [-0.39, 0.29) is 11.8 Å². The van der Waals surface area contributed by atoms with Crippen LogP contribution < -0.4 is 10.6 Å². The molecule has 2 aromatic rings. The number of carbonyl (C=O) groups is 1. The summed E-state index contributed by atoms with van der Waals surface area (Å²) in [5, 5.41) is 6.28. The Bertz CT molecular complexity index is 893. The summed E-state index contributed by atoms with van der Waals surface area (Å²) in [5.41, 5.74) is 5.09. The van der Waals surface area contributed by atoms with E-state index in [0.717, 1.165) is 48.6 Å². The zero-order valence-electron chi connectivity index (χ0n) is 16.2. The lowest BCUT2D eigenvalue weighted by atomic mass is 10.1. The van der Waals surface area contributed by atoms with Crippen LogP contribution in [0.5, 0.6) is 0 Å². The first kappa shape index (κ1) is 17.8. The molecular formula is C20H26N6O. The molecule has 0 radical (unpaired) electrons. The number of hydrogen-bond acceptors (Lipinski definition) is 6. The lowest BCUT2D eigenvalue weighted by Crippen LogP contribution is -2.34. The van der Waals surface area contributed by atoms with Crippen LogP contribution in [0.4, 0.5) is 5.82 Å². The fraction of sp³-hybridized carbons (Fsp3) is 0.550. The number of anilines is 1. The molecular weight excluding hydrogens is 340 g/mol. The first-order valence-corrected chi connectivity index (χ1v) is 9.81. The quantitative estimate of drug-likeness (QED) is 0.842. The molecule has 0 spiro atoms. The molecule has 7 nitrogen and oxygen atoms in total. The van der Waals surface area contributed by atoms with Gasteiger partial charge >= 0.3 is 0 Å². The number of nitrogens with one attached hydrogen (secondary N) is 2. The SMILES string of the molecule is Cc1nc(CCNc2nc(C(C)C)nc3c2CCNC3=O)nc2c1CCC2. The minimum Gasteiger partial charge on any atom is -0.369 e. The molecule has 2 aromatic heterocycles. The van der Waals surface area contributed by atoms with E-state index in [0.29, 0.717) is 24.6 Å². The number of carbonyl (C=O) groups excluding carboxylic acids is 1. The number of aromatic nitrogens is 4. The van der Waals surface area contributed by atoms with Gasteiger partial charge in [0.15, 0.2) is 0 Å². The summed E-state index contributed by atoms with van der Waals surface area (Å²) in [4.78, 5) is 30.8. The summed E-state index contributed by atoms with van der Waals surface area (Å²) in [6.07, 6.45) is 4.82. The van der Waals surface area contributed by atoms with Gasteiger partial charge in [0, 0.05) is 42.4 Å². The molecule has 0 aromatic carbocycles. The number of rotatable bonds is 5. The summed E-state index contributed by atoms with van der Waals surface area (Å²) in [6, 6.07) is 0. The average Bonchev–Trinajstić information content (AvgIpc) is 3.11. The third-order valence-corrected chi connectivity index (χ3v) is 5.24. The van der Waals surface area contributed by atoms with Crippen LogP contribution in [-0.2, 0) is 25.7 Å². The van der Waals surface area contributed by atoms with Gasteiger partial charge in [-0.05, 0) is 38.2 Å². The second-order valence-electron chi connectivity index (χ2n) is 7.60. The Morgan fingerprint density at radius 3 is 2.74 bits per heavy atom. The van der Waals surface area contributed by atoms with E-state index in [2.05, 4.69) is 32.5 Å². The van der Waals surface area contributed by atoms with Crippen molar-refractivity contribution in [3.05, 3.63) is 39.9 Å². The van der Waals surface area contributed by atoms with Crippen LogP contribution >= 0.6 is 0 Å². The van der Waals surface area contributed by atoms with Crippen molar-refractivity contribution in [3.63, 3.8) is 0 Å². The Morgan fingerprint density at radius 1 is 1.07 bits per heavy atom. The highest BCUT2D eigenvalue weighted by Crippen LogP contribution is 2.24. The minimum atomic E-state index is -0.110. The normalized spacial score (nSPS) is 15.5. The van der Waals surface area contributed by atoms with Crippen LogP contribution in [0.1, 0.15) is 70.8 Å². The maximum Gasteiger partial charge on any atom is 0.270 e. The summed E-state index contributed by atoms with van der Waals surface area (Å²) in [7, 11) is 0. The number of hydrogen-bond donors (Lipinski definition) is 2. The van der Waals surface area contributed by atoms with Crippen molar-refractivity contribution in [3.8, 4) is 0 Å². The first-order valence-electron chi connectivity index (χ1n) is 9.81. The molecule has 1 amide bonds. The smallest absolute Gasteiger partial charge is 0.270 e. The molecule has 4 rings (SSSR count). The van der Waals surface area contributed by atoms with Crippen LogP contribution in [0.3, 0.4) is 0 Å². The molecule has 1 aliphatic carbocycles. The fourth-order valence-electron chi connectivity index (χ4n) is 3.80. The molecule has 0 bridgehead atoms. The Morgan fingerprint density at radius 2 is 1.93 bits per heavy atom. The maximum atomic E-state index is 12.2. The zero-order valence-corrected chi connectivity index (χ0v) is 16.2. The van der Waals surface area contributed by atoms with Crippen molar-refractivity contribution >= 4 is 11.7 Å². The van der Waals surface area contributed by atoms with Gasteiger partial charge < -0.3 is 10.6 Å². The van der Waals surface area contributed by atoms with Gasteiger partial charge in [-0.3, -0.25) is 4.79 Å². The second kappa shape index (κ2) is 7.21. The van der Waals surface area contributed by atoms with Crippen molar-refractivity contribution in [2.45, 2.75) is 58.8 Å². The van der Waals surface area contributed by atoms with E-state index in [1.807, 2.05) is 13.8 Å². The molecule has 0 saturated heterocycles. The predicted octanol–water partition coefficient (Wildman–Crippen LogP) is 2.13. The van der Waals surface area contributed by atoms with Crippen molar-refractivity contribution in [1.29, 1.82) is 0 Å². The lowest BCUT2D eigenvalue weighted by Gasteiger charge is -2.20. The largest absolute Gasteiger partial charge is 0.369 e. The van der Waals surface area contributed by atoms with E-state index in [9.17, 15) is 4.79 Å². The Labute approximate surface area is 159 Å². The van der Waals surface area contributed by atoms with Gasteiger partial charge in [0.25, 0.3) is 5.91 Å². The second-order valence-corrected chi connectivity index (χ2v) is 7.60. The molecule has 0 atom stereocenters. The summed E-state index contributed by atoms with van der Waals surface area (Å²) in [5.74, 6) is 2.40. The number of amides is 1. The van der Waals surface area contributed by atoms with E-state index in [1.165, 1.54) is 17.7 Å². The minimum absolute atomic E-state index is 0.110. The van der Waals surface area contributed by atoms with Crippen LogP contribution in [0.25, 0.3) is 0 Å². The van der Waals surface area contributed by atoms with E-state index in [1.54, 1.807) is 0 Å². The van der Waals surface area contributed by atoms with E-state index in [4.69, 9.17) is 4.98 Å². The average molecular weight is 366 g/mol. The molecule has 0 fully saturated rings. The third-order valence-electron chi connectivity index (χ3n) is 5.24. The van der Waals surface area contributed by atoms with Crippen LogP contribution in [-0.4, -0.2) is 38.9 Å². The highest BCUT2D eigenvalue weighted by atomic mass is 16.1. The monoisotopic (exact) mass is 366 g/mol. The van der Waals surface area contributed by atoms with E-state index >= 15 is 0 Å². The highest BCUT2D eigenvalue weighted by Gasteiger charge is 2.24. The van der Waals surface area contributed by atoms with Gasteiger partial charge in [-0.25, -0.2) is 19.9 Å². The molecule has 2 aliphatic rings. The van der Waals surface area contributed by atoms with Gasteiger partial charge in [-0.2, -0.15) is 0 Å². The molecule has 27 heavy (non-hydrogen) atoms. The van der Waals surface area contributed by atoms with Crippen LogP contribution in [0.15, 0.2) is 0 Å². The van der Waals surface area contributed by atoms with Crippen molar-refractivity contribution in [2.75, 3.05) is 18.4 Å². The molecule has 0 unspecified atom stereocenters. The van der Waals surface area contributed by atoms with Crippen molar-refractivity contribution in [1.82, 2.24) is 25.3 Å². The highest BCUT2D eigenvalue weighted by molar-refractivity contribution is 5.96. The molecule has 0 saturated carbocycles. The lowest BCUT2D eigenvalue weighted by molar-refractivity contribution is 0.0940. The Balaban J connectivity index is 1.53. The first-order chi connectivity index (χ1) is 13.0. The standard InChI is InChI=1S/C20H26N6O/c1-11(2)18-25-17-14(7-9-22-20(17)27)19(26-18)21-10-8-16-23-12(3)13-5-4-6-15(13)24-16/h11H,4-10H2,1-3H3,(H,22,27)(H,21,25,26). The van der Waals surface area contributed by atoms with Gasteiger partial charge in [0.2, 0.25) is 0 Å². The summed E-state index contributed by atoms with van der Waals surface area (Å²) < 4.78 is 0. The molecule has 3 heterocycles. The zero-order chi connectivity index (χ0) is 19.0. The topological polar surface area (TPSA) is 92.7 Å². The van der Waals surface area contributed by atoms with Crippen LogP contribution in [0, 0.1) is 6.92 Å². The molecule has 1 aliphatic heterocycles. The van der Waals surface area contributed by atoms with Crippen molar-refractivity contribution in [2.24, 2.45) is 0 Å². The summed E-state index contributed by atoms with van der Waals surface area (Å²) >= 11 is 0. The fourth-order valence-corrected chi connectivity index (χ4v) is 3.80. The Hall–Kier alpha value is -2.57. The van der Waals surface area contributed by atoms with E-state index < -0.39 is 0 Å². The van der Waals surface area contributed by atoms with Crippen LogP contribution in [0.2, 0.25) is 0 Å². The van der Waals surface area contributed by atoms with Gasteiger partial charge in [-0.15, -0.1) is 0 Å². The molecule has 2 N–H and O–H groups in total. The number of fused-ring (bicyclic) bond motifs is 2. The maximum absolute atomic E-state index is 12.2. The van der Waals surface area contributed by atoms with Gasteiger partial charge in [0.05, 0.1) is 0 Å². The van der Waals surface area contributed by atoms with Gasteiger partial charge in [0.1, 0.15) is 23.2 Å². The van der Waals surface area contributed by atoms with Gasteiger partial charge in [-0.1, -0.05) is 13.8 Å². The molecule has 7 heteroatoms. The number of nitrogens with zero attached hydrogens (tertiary/aromatic N) is 4. The molecule has 142 valence electrons. The van der Waals surface area contributed by atoms with Crippen molar-refractivity contribution < 1.29 is 4.79 Å². The third kappa shape index (κ3) is 3.50. The summed E-state index contributed by atoms with van der Waals surface area (Å²) in [6.45, 7) is 7.46. The number of aryl methyl sites for hydroxylation is 2. The Kier molecular flexibility index (Phi) is 4.76.